The molecule has 19 heavy (non-hydrogen) atoms. The van der Waals surface area contributed by atoms with Crippen molar-refractivity contribution in [1.82, 2.24) is 19.8 Å². The van der Waals surface area contributed by atoms with E-state index in [1.165, 1.54) is 0 Å². The molecule has 1 N–H and O–H groups in total. The lowest BCUT2D eigenvalue weighted by Gasteiger charge is -2.10. The Kier molecular flexibility index (Phi) is 3.85. The number of carbonyl (C=O) groups is 1. The van der Waals surface area contributed by atoms with Crippen molar-refractivity contribution in [2.24, 2.45) is 7.05 Å². The number of nitrogens with zero attached hydrogens (tertiary/aromatic N) is 3. The van der Waals surface area contributed by atoms with E-state index >= 15 is 0 Å². The summed E-state index contributed by atoms with van der Waals surface area (Å²) < 4.78 is 2.00. The number of hydrogen-bond donors (Lipinski definition) is 1. The second-order valence-corrected chi connectivity index (χ2v) is 4.86. The van der Waals surface area contributed by atoms with Crippen LogP contribution < -0.4 is 5.32 Å². The number of para-hydroxylation sites is 1. The average molecular weight is 260 g/mol. The molecule has 0 saturated heterocycles. The van der Waals surface area contributed by atoms with Gasteiger partial charge >= 0.3 is 0 Å². The van der Waals surface area contributed by atoms with Crippen molar-refractivity contribution in [2.75, 3.05) is 20.6 Å². The van der Waals surface area contributed by atoms with E-state index in [0.717, 1.165) is 23.4 Å². The molecule has 102 valence electrons. The highest BCUT2D eigenvalue weighted by molar-refractivity contribution is 6.05. The maximum absolute atomic E-state index is 12.1. The molecule has 0 spiro atoms. The van der Waals surface area contributed by atoms with E-state index < -0.39 is 0 Å². The molecule has 0 aliphatic heterocycles. The molecule has 0 saturated carbocycles. The SMILES string of the molecule is CCNC(=O)c1cccc2nc(CN(C)C)n(C)c12. The van der Waals surface area contributed by atoms with Gasteiger partial charge < -0.3 is 14.8 Å². The molecule has 1 amide bonds. The van der Waals surface area contributed by atoms with Crippen molar-refractivity contribution >= 4 is 16.9 Å². The fraction of sp³-hybridized carbons (Fsp3) is 0.429. The lowest BCUT2D eigenvalue weighted by atomic mass is 10.1. The van der Waals surface area contributed by atoms with Gasteiger partial charge in [0.2, 0.25) is 0 Å². The minimum atomic E-state index is -0.0486. The summed E-state index contributed by atoms with van der Waals surface area (Å²) in [5.41, 5.74) is 2.44. The first-order valence-corrected chi connectivity index (χ1v) is 6.41. The van der Waals surface area contributed by atoms with Crippen LogP contribution in [0.25, 0.3) is 11.0 Å². The van der Waals surface area contributed by atoms with Gasteiger partial charge in [0.05, 0.1) is 23.1 Å². The minimum absolute atomic E-state index is 0.0486. The Morgan fingerprint density at radius 3 is 2.79 bits per heavy atom. The number of nitrogens with one attached hydrogen (secondary N) is 1. The molecule has 2 aromatic rings. The minimum Gasteiger partial charge on any atom is -0.352 e. The third-order valence-corrected chi connectivity index (χ3v) is 3.03. The highest BCUT2D eigenvalue weighted by atomic mass is 16.1. The number of hydrogen-bond acceptors (Lipinski definition) is 3. The van der Waals surface area contributed by atoms with E-state index in [0.29, 0.717) is 12.1 Å². The van der Waals surface area contributed by atoms with Gasteiger partial charge in [-0.2, -0.15) is 0 Å². The van der Waals surface area contributed by atoms with Gasteiger partial charge in [-0.15, -0.1) is 0 Å². The zero-order chi connectivity index (χ0) is 14.0. The molecule has 0 radical (unpaired) electrons. The molecule has 5 nitrogen and oxygen atoms in total. The van der Waals surface area contributed by atoms with Gasteiger partial charge in [-0.3, -0.25) is 4.79 Å². The molecule has 0 aliphatic rings. The first-order valence-electron chi connectivity index (χ1n) is 6.41. The fourth-order valence-corrected chi connectivity index (χ4v) is 2.18. The fourth-order valence-electron chi connectivity index (χ4n) is 2.18. The largest absolute Gasteiger partial charge is 0.352 e. The summed E-state index contributed by atoms with van der Waals surface area (Å²) >= 11 is 0. The number of aromatic nitrogens is 2. The maximum Gasteiger partial charge on any atom is 0.253 e. The van der Waals surface area contributed by atoms with Gasteiger partial charge in [0.15, 0.2) is 0 Å². The van der Waals surface area contributed by atoms with Crippen LogP contribution in [0.2, 0.25) is 0 Å². The van der Waals surface area contributed by atoms with Crippen LogP contribution in [0.15, 0.2) is 18.2 Å². The summed E-state index contributed by atoms with van der Waals surface area (Å²) in [6.45, 7) is 3.29. The first-order chi connectivity index (χ1) is 9.04. The third-order valence-electron chi connectivity index (χ3n) is 3.03. The Morgan fingerprint density at radius 2 is 2.16 bits per heavy atom. The van der Waals surface area contributed by atoms with Crippen LogP contribution in [0.4, 0.5) is 0 Å². The smallest absolute Gasteiger partial charge is 0.253 e. The topological polar surface area (TPSA) is 50.2 Å². The predicted octanol–water partition coefficient (Wildman–Crippen LogP) is 1.38. The molecular weight excluding hydrogens is 240 g/mol. The van der Waals surface area contributed by atoms with E-state index in [2.05, 4.69) is 15.2 Å². The zero-order valence-electron chi connectivity index (χ0n) is 11.9. The molecule has 1 aromatic carbocycles. The second-order valence-electron chi connectivity index (χ2n) is 4.86. The standard InChI is InChI=1S/C14H20N4O/c1-5-15-14(19)10-7-6-8-11-13(10)18(4)12(16-11)9-17(2)3/h6-8H,5,9H2,1-4H3,(H,15,19). The van der Waals surface area contributed by atoms with Crippen molar-refractivity contribution in [2.45, 2.75) is 13.5 Å². The van der Waals surface area contributed by atoms with E-state index in [9.17, 15) is 4.79 Å². The summed E-state index contributed by atoms with van der Waals surface area (Å²) in [6.07, 6.45) is 0. The lowest BCUT2D eigenvalue weighted by molar-refractivity contribution is 0.0957. The van der Waals surface area contributed by atoms with E-state index in [1.807, 2.05) is 50.8 Å². The van der Waals surface area contributed by atoms with Crippen LogP contribution >= 0.6 is 0 Å². The number of rotatable bonds is 4. The normalized spacial score (nSPS) is 11.2. The highest BCUT2D eigenvalue weighted by Crippen LogP contribution is 2.20. The van der Waals surface area contributed by atoms with Crippen LogP contribution in [-0.4, -0.2) is 41.0 Å². The third kappa shape index (κ3) is 2.61. The second kappa shape index (κ2) is 5.40. The van der Waals surface area contributed by atoms with E-state index in [4.69, 9.17) is 0 Å². The molecule has 1 aromatic heterocycles. The van der Waals surface area contributed by atoms with Crippen molar-refractivity contribution in [3.63, 3.8) is 0 Å². The average Bonchev–Trinajstić information content (AvgIpc) is 2.66. The Labute approximate surface area is 113 Å². The Bertz CT molecular complexity index is 601. The lowest BCUT2D eigenvalue weighted by Crippen LogP contribution is -2.23. The maximum atomic E-state index is 12.1. The summed E-state index contributed by atoms with van der Waals surface area (Å²) in [7, 11) is 5.96. The number of imidazole rings is 1. The van der Waals surface area contributed by atoms with Crippen LogP contribution in [0.1, 0.15) is 23.1 Å². The molecule has 0 bridgehead atoms. The highest BCUT2D eigenvalue weighted by Gasteiger charge is 2.15. The summed E-state index contributed by atoms with van der Waals surface area (Å²) in [4.78, 5) is 18.7. The first kappa shape index (κ1) is 13.5. The molecule has 0 atom stereocenters. The quantitative estimate of drug-likeness (QED) is 0.903. The van der Waals surface area contributed by atoms with Gasteiger partial charge in [-0.1, -0.05) is 6.07 Å². The van der Waals surface area contributed by atoms with Gasteiger partial charge in [0.1, 0.15) is 5.82 Å². The summed E-state index contributed by atoms with van der Waals surface area (Å²) in [5.74, 6) is 0.907. The molecule has 0 fully saturated rings. The van der Waals surface area contributed by atoms with Crippen molar-refractivity contribution in [3.8, 4) is 0 Å². The monoisotopic (exact) mass is 260 g/mol. The number of amides is 1. The van der Waals surface area contributed by atoms with Crippen molar-refractivity contribution in [1.29, 1.82) is 0 Å². The number of carbonyl (C=O) groups excluding carboxylic acids is 1. The Balaban J connectivity index is 2.55. The van der Waals surface area contributed by atoms with Crippen LogP contribution in [0.3, 0.4) is 0 Å². The molecular formula is C14H20N4O. The van der Waals surface area contributed by atoms with Gasteiger partial charge in [-0.25, -0.2) is 4.98 Å². The van der Waals surface area contributed by atoms with E-state index in [1.54, 1.807) is 0 Å². The Hall–Kier alpha value is -1.88. The Morgan fingerprint density at radius 1 is 1.42 bits per heavy atom. The van der Waals surface area contributed by atoms with Gasteiger partial charge in [-0.05, 0) is 33.2 Å². The zero-order valence-corrected chi connectivity index (χ0v) is 11.9. The van der Waals surface area contributed by atoms with Crippen molar-refractivity contribution < 1.29 is 4.79 Å². The summed E-state index contributed by atoms with van der Waals surface area (Å²) in [6, 6.07) is 5.66. The van der Waals surface area contributed by atoms with Gasteiger partial charge in [0, 0.05) is 13.6 Å². The van der Waals surface area contributed by atoms with Crippen molar-refractivity contribution in [3.05, 3.63) is 29.6 Å². The number of aryl methyl sites for hydroxylation is 1. The molecule has 1 heterocycles. The molecule has 5 heteroatoms. The van der Waals surface area contributed by atoms with Crippen LogP contribution in [0, 0.1) is 0 Å². The van der Waals surface area contributed by atoms with Crippen LogP contribution in [0.5, 0.6) is 0 Å². The molecule has 0 unspecified atom stereocenters. The number of benzene rings is 1. The van der Waals surface area contributed by atoms with Crippen LogP contribution in [-0.2, 0) is 13.6 Å². The summed E-state index contributed by atoms with van der Waals surface area (Å²) in [5, 5.41) is 2.84. The van der Waals surface area contributed by atoms with E-state index in [-0.39, 0.29) is 5.91 Å². The molecule has 0 aliphatic carbocycles. The van der Waals surface area contributed by atoms with Gasteiger partial charge in [0.25, 0.3) is 5.91 Å². The predicted molar refractivity (Wildman–Crippen MR) is 76.1 cm³/mol. The number of fused-ring (bicyclic) bond motifs is 1. The molecule has 2 rings (SSSR count).